The van der Waals surface area contributed by atoms with Crippen LogP contribution in [0.3, 0.4) is 0 Å². The van der Waals surface area contributed by atoms with Gasteiger partial charge in [-0.1, -0.05) is 31.5 Å². The Morgan fingerprint density at radius 2 is 1.81 bits per heavy atom. The molecule has 0 saturated heterocycles. The molecule has 0 bridgehead atoms. The van der Waals surface area contributed by atoms with Crippen molar-refractivity contribution in [3.05, 3.63) is 58.4 Å². The first-order valence-corrected chi connectivity index (χ1v) is 9.11. The van der Waals surface area contributed by atoms with Crippen molar-refractivity contribution < 1.29 is 14.0 Å². The van der Waals surface area contributed by atoms with Crippen molar-refractivity contribution >= 4 is 34.8 Å². The second kappa shape index (κ2) is 9.48. The predicted octanol–water partition coefficient (Wildman–Crippen LogP) is 4.32. The fourth-order valence-electron chi connectivity index (χ4n) is 2.63. The van der Waals surface area contributed by atoms with E-state index in [0.717, 1.165) is 18.7 Å². The minimum Gasteiger partial charge on any atom is -0.325 e. The lowest BCUT2D eigenvalue weighted by Gasteiger charge is -2.18. The Morgan fingerprint density at radius 1 is 1.11 bits per heavy atom. The Labute approximate surface area is 163 Å². The Bertz CT molecular complexity index is 818. The fraction of sp³-hybridized carbons (Fsp3) is 0.300. The number of carbonyl (C=O) groups excluding carboxylic acids is 2. The molecule has 0 heterocycles. The van der Waals surface area contributed by atoms with Crippen molar-refractivity contribution in [2.75, 3.05) is 30.3 Å². The predicted molar refractivity (Wildman–Crippen MR) is 107 cm³/mol. The van der Waals surface area contributed by atoms with Gasteiger partial charge < -0.3 is 10.6 Å². The number of aryl methyl sites for hydroxylation is 1. The molecule has 0 radical (unpaired) electrons. The fourth-order valence-corrected chi connectivity index (χ4v) is 2.88. The third-order valence-electron chi connectivity index (χ3n) is 4.21. The second-order valence-electron chi connectivity index (χ2n) is 6.09. The summed E-state index contributed by atoms with van der Waals surface area (Å²) in [6.07, 6.45) is 0. The molecule has 2 rings (SSSR count). The summed E-state index contributed by atoms with van der Waals surface area (Å²) in [6.45, 7) is 7.73. The van der Waals surface area contributed by atoms with Gasteiger partial charge in [-0.15, -0.1) is 0 Å². The molecule has 0 aromatic heterocycles. The lowest BCUT2D eigenvalue weighted by atomic mass is 10.1. The van der Waals surface area contributed by atoms with E-state index in [1.165, 1.54) is 18.2 Å². The third kappa shape index (κ3) is 5.52. The molecule has 0 unspecified atom stereocenters. The van der Waals surface area contributed by atoms with E-state index in [-0.39, 0.29) is 16.5 Å². The molecule has 0 saturated carbocycles. The topological polar surface area (TPSA) is 61.4 Å². The number of likely N-dealkylation sites (N-methyl/N-ethyl adjacent to an activating group) is 1. The van der Waals surface area contributed by atoms with Crippen LogP contribution in [0.4, 0.5) is 15.8 Å². The highest BCUT2D eigenvalue weighted by Gasteiger charge is 2.16. The number of nitrogens with zero attached hydrogens (tertiary/aromatic N) is 1. The largest absolute Gasteiger partial charge is 0.325 e. The maximum atomic E-state index is 13.9. The summed E-state index contributed by atoms with van der Waals surface area (Å²) in [5, 5.41) is 5.54. The number of carbonyl (C=O) groups is 2. The number of nitrogens with one attached hydrogen (secondary N) is 2. The third-order valence-corrected chi connectivity index (χ3v) is 4.52. The van der Waals surface area contributed by atoms with E-state index in [1.807, 2.05) is 25.7 Å². The van der Waals surface area contributed by atoms with Crippen molar-refractivity contribution in [2.45, 2.75) is 20.8 Å². The average molecular weight is 392 g/mol. The Hall–Kier alpha value is -2.44. The van der Waals surface area contributed by atoms with Crippen LogP contribution in [0, 0.1) is 12.7 Å². The first-order valence-electron chi connectivity index (χ1n) is 8.73. The van der Waals surface area contributed by atoms with E-state index in [2.05, 4.69) is 10.6 Å². The van der Waals surface area contributed by atoms with E-state index in [9.17, 15) is 14.0 Å². The minimum absolute atomic E-state index is 0.0458. The molecule has 0 aliphatic carbocycles. The van der Waals surface area contributed by atoms with Gasteiger partial charge >= 0.3 is 0 Å². The van der Waals surface area contributed by atoms with E-state index >= 15 is 0 Å². The highest BCUT2D eigenvalue weighted by atomic mass is 35.5. The number of anilines is 2. The Morgan fingerprint density at radius 3 is 2.41 bits per heavy atom. The molecule has 0 spiro atoms. The molecule has 0 aliphatic rings. The Kier molecular flexibility index (Phi) is 7.33. The molecule has 2 aromatic rings. The van der Waals surface area contributed by atoms with Crippen LogP contribution in [0.1, 0.15) is 29.8 Å². The van der Waals surface area contributed by atoms with Crippen LogP contribution in [0.25, 0.3) is 0 Å². The second-order valence-corrected chi connectivity index (χ2v) is 6.50. The average Bonchev–Trinajstić information content (AvgIpc) is 2.62. The highest BCUT2D eigenvalue weighted by Crippen LogP contribution is 2.23. The summed E-state index contributed by atoms with van der Waals surface area (Å²) >= 11 is 5.92. The van der Waals surface area contributed by atoms with Crippen LogP contribution in [-0.2, 0) is 4.79 Å². The highest BCUT2D eigenvalue weighted by molar-refractivity contribution is 6.34. The molecular formula is C20H23ClFN3O2. The zero-order valence-electron chi connectivity index (χ0n) is 15.6. The van der Waals surface area contributed by atoms with Crippen molar-refractivity contribution in [1.82, 2.24) is 4.90 Å². The monoisotopic (exact) mass is 391 g/mol. The Balaban J connectivity index is 2.08. The summed E-state index contributed by atoms with van der Waals surface area (Å²) in [7, 11) is 0. The van der Waals surface area contributed by atoms with Crippen LogP contribution in [-0.4, -0.2) is 36.3 Å². The molecule has 27 heavy (non-hydrogen) atoms. The normalized spacial score (nSPS) is 10.7. The van der Waals surface area contributed by atoms with E-state index in [0.29, 0.717) is 17.9 Å². The molecule has 144 valence electrons. The van der Waals surface area contributed by atoms with Gasteiger partial charge in [0, 0.05) is 11.4 Å². The van der Waals surface area contributed by atoms with Gasteiger partial charge in [0.1, 0.15) is 5.82 Å². The van der Waals surface area contributed by atoms with Gasteiger partial charge in [0.25, 0.3) is 5.91 Å². The molecule has 2 N–H and O–H groups in total. The summed E-state index contributed by atoms with van der Waals surface area (Å²) in [6, 6.07) is 9.13. The SMILES string of the molecule is CCN(CC)CC(=O)Nc1ccc(NC(=O)c2c(F)cccc2Cl)cc1C. The van der Waals surface area contributed by atoms with E-state index in [4.69, 9.17) is 11.6 Å². The number of benzene rings is 2. The number of hydrogen-bond donors (Lipinski definition) is 2. The van der Waals surface area contributed by atoms with Crippen LogP contribution in [0.5, 0.6) is 0 Å². The standard InChI is InChI=1S/C20H23ClFN3O2/c1-4-25(5-2)12-18(26)24-17-10-9-14(11-13(17)3)23-20(27)19-15(21)7-6-8-16(19)22/h6-11H,4-5,12H2,1-3H3,(H,23,27)(H,24,26). The molecule has 0 atom stereocenters. The molecule has 5 nitrogen and oxygen atoms in total. The lowest BCUT2D eigenvalue weighted by molar-refractivity contribution is -0.117. The molecule has 2 aromatic carbocycles. The van der Waals surface area contributed by atoms with Gasteiger partial charge in [-0.2, -0.15) is 0 Å². The van der Waals surface area contributed by atoms with Crippen LogP contribution >= 0.6 is 11.6 Å². The van der Waals surface area contributed by atoms with Crippen molar-refractivity contribution in [2.24, 2.45) is 0 Å². The van der Waals surface area contributed by atoms with Gasteiger partial charge in [0.05, 0.1) is 17.1 Å². The number of halogens is 2. The molecule has 0 fully saturated rings. The van der Waals surface area contributed by atoms with Crippen LogP contribution < -0.4 is 10.6 Å². The minimum atomic E-state index is -0.683. The van der Waals surface area contributed by atoms with Gasteiger partial charge in [0.2, 0.25) is 5.91 Å². The molecule has 0 aliphatic heterocycles. The van der Waals surface area contributed by atoms with E-state index < -0.39 is 11.7 Å². The number of hydrogen-bond acceptors (Lipinski definition) is 3. The number of amides is 2. The first kappa shape index (κ1) is 20.9. The van der Waals surface area contributed by atoms with Gasteiger partial charge in [-0.05, 0) is 55.9 Å². The maximum Gasteiger partial charge on any atom is 0.260 e. The quantitative estimate of drug-likeness (QED) is 0.738. The summed E-state index contributed by atoms with van der Waals surface area (Å²) in [5.74, 6) is -1.41. The van der Waals surface area contributed by atoms with Gasteiger partial charge in [0.15, 0.2) is 0 Å². The summed E-state index contributed by atoms with van der Waals surface area (Å²) in [5.41, 5.74) is 1.72. The lowest BCUT2D eigenvalue weighted by Crippen LogP contribution is -2.33. The zero-order chi connectivity index (χ0) is 20.0. The van der Waals surface area contributed by atoms with Crippen molar-refractivity contribution in [3.63, 3.8) is 0 Å². The molecule has 2 amide bonds. The van der Waals surface area contributed by atoms with Crippen LogP contribution in [0.15, 0.2) is 36.4 Å². The van der Waals surface area contributed by atoms with Crippen molar-refractivity contribution in [3.8, 4) is 0 Å². The van der Waals surface area contributed by atoms with Crippen molar-refractivity contribution in [1.29, 1.82) is 0 Å². The molecular weight excluding hydrogens is 369 g/mol. The van der Waals surface area contributed by atoms with Crippen LogP contribution in [0.2, 0.25) is 5.02 Å². The van der Waals surface area contributed by atoms with Gasteiger partial charge in [-0.3, -0.25) is 14.5 Å². The smallest absolute Gasteiger partial charge is 0.260 e. The maximum absolute atomic E-state index is 13.9. The number of rotatable bonds is 7. The van der Waals surface area contributed by atoms with E-state index in [1.54, 1.807) is 18.2 Å². The summed E-state index contributed by atoms with van der Waals surface area (Å²) < 4.78 is 13.9. The summed E-state index contributed by atoms with van der Waals surface area (Å²) in [4.78, 5) is 26.5. The van der Waals surface area contributed by atoms with Gasteiger partial charge in [-0.25, -0.2) is 4.39 Å². The molecule has 7 heteroatoms. The first-order chi connectivity index (χ1) is 12.8. The zero-order valence-corrected chi connectivity index (χ0v) is 16.4.